The summed E-state index contributed by atoms with van der Waals surface area (Å²) in [6.45, 7) is -0.141. The number of aldehydes is 1. The van der Waals surface area contributed by atoms with Crippen LogP contribution in [-0.2, 0) is 39.0 Å². The highest BCUT2D eigenvalue weighted by Gasteiger charge is 2.55. The summed E-state index contributed by atoms with van der Waals surface area (Å²) in [5.41, 5.74) is 3.66. The fourth-order valence-electron chi connectivity index (χ4n) is 7.56. The van der Waals surface area contributed by atoms with Crippen LogP contribution < -0.4 is 10.6 Å². The molecule has 3 heterocycles. The first-order valence-electron chi connectivity index (χ1n) is 19.2. The molecule has 1 saturated heterocycles. The molecule has 12 nitrogen and oxygen atoms in total. The van der Waals surface area contributed by atoms with Crippen molar-refractivity contribution in [3.63, 3.8) is 0 Å². The third-order valence-corrected chi connectivity index (χ3v) is 11.1. The van der Waals surface area contributed by atoms with E-state index >= 15 is 0 Å². The van der Waals surface area contributed by atoms with Gasteiger partial charge >= 0.3 is 5.97 Å². The number of ether oxygens (including phenoxy) is 2. The van der Waals surface area contributed by atoms with Gasteiger partial charge in [0.05, 0.1) is 6.61 Å². The van der Waals surface area contributed by atoms with E-state index in [2.05, 4.69) is 15.8 Å². The predicted molar refractivity (Wildman–Crippen MR) is 226 cm³/mol. The molecule has 2 aliphatic heterocycles. The number of nitrogens with one attached hydrogen (secondary N) is 2. The lowest BCUT2D eigenvalue weighted by Gasteiger charge is -2.49. The second-order valence-corrected chi connectivity index (χ2v) is 14.8. The number of amides is 2. The first-order chi connectivity index (χ1) is 29.4. The lowest BCUT2D eigenvalue weighted by Crippen LogP contribution is -2.73. The lowest BCUT2D eigenvalue weighted by molar-refractivity contribution is -0.186. The number of carbonyl (C=O) groups excluding carboxylic acids is 4. The summed E-state index contributed by atoms with van der Waals surface area (Å²) >= 11 is 1.27. The van der Waals surface area contributed by atoms with E-state index < -0.39 is 41.7 Å². The SMILES string of the molecule is CON=C(C(=O)NC1C(=O)N2C(C(=O)OC(c3ccccc3)c3ccccc3)=C(CC=O)COC12)c1csc(NC(c2ccccc2)(c2ccccc2)c2ccccc2)n1. The van der Waals surface area contributed by atoms with Gasteiger partial charge in [-0.05, 0) is 33.4 Å². The number of thiazole rings is 1. The standard InChI is InChI=1S/C47H39N5O7S/c1-57-51-38(37-30-60-46(48-37)50-47(34-21-11-4-12-22-34,35-23-13-5-14-24-35)36-25-15-6-16-26-36)42(54)49-39-43(55)52-40(33(27-28-53)29-58-44(39)52)45(56)59-41(31-17-7-2-8-18-31)32-19-9-3-10-20-32/h2-26,28,30,39,41,44H,27,29H2,1H3,(H,48,50)(H,49,54). The van der Waals surface area contributed by atoms with Crippen molar-refractivity contribution in [2.24, 2.45) is 5.16 Å². The molecule has 0 radical (unpaired) electrons. The normalized spacial score (nSPS) is 16.4. The minimum atomic E-state index is -1.20. The van der Waals surface area contributed by atoms with E-state index in [1.807, 2.05) is 152 Å². The number of carbonyl (C=O) groups is 4. The topological polar surface area (TPSA) is 149 Å². The van der Waals surface area contributed by atoms with E-state index in [9.17, 15) is 19.2 Å². The number of hydrogen-bond acceptors (Lipinski definition) is 11. The number of aromatic nitrogens is 1. The largest absolute Gasteiger partial charge is 0.448 e. The molecule has 0 saturated carbocycles. The van der Waals surface area contributed by atoms with Crippen LogP contribution in [0.2, 0.25) is 0 Å². The molecule has 0 bridgehead atoms. The van der Waals surface area contributed by atoms with Gasteiger partial charge in [-0.15, -0.1) is 11.3 Å². The first kappa shape index (κ1) is 39.6. The van der Waals surface area contributed by atoms with Gasteiger partial charge in [-0.3, -0.25) is 14.5 Å². The molecule has 13 heteroatoms. The first-order valence-corrected chi connectivity index (χ1v) is 20.0. The number of esters is 1. The minimum absolute atomic E-state index is 0.0922. The van der Waals surface area contributed by atoms with Gasteiger partial charge in [0.15, 0.2) is 29.2 Å². The molecule has 6 aromatic rings. The Labute approximate surface area is 350 Å². The molecule has 0 aliphatic carbocycles. The van der Waals surface area contributed by atoms with Crippen LogP contribution in [0.15, 0.2) is 173 Å². The van der Waals surface area contributed by atoms with Crippen molar-refractivity contribution in [2.45, 2.75) is 30.3 Å². The highest BCUT2D eigenvalue weighted by atomic mass is 32.1. The van der Waals surface area contributed by atoms with Gasteiger partial charge in [-0.1, -0.05) is 157 Å². The molecule has 1 fully saturated rings. The maximum absolute atomic E-state index is 14.1. The van der Waals surface area contributed by atoms with Crippen molar-refractivity contribution in [1.82, 2.24) is 15.2 Å². The smallest absolute Gasteiger partial charge is 0.356 e. The third kappa shape index (κ3) is 7.71. The Kier molecular flexibility index (Phi) is 11.7. The van der Waals surface area contributed by atoms with Crippen LogP contribution in [0.1, 0.15) is 46.0 Å². The number of hydrogen-bond donors (Lipinski definition) is 2. The molecular formula is C47H39N5O7S. The summed E-state index contributed by atoms with van der Waals surface area (Å²) in [5, 5.41) is 12.6. The van der Waals surface area contributed by atoms with Gasteiger partial charge < -0.3 is 29.7 Å². The number of fused-ring (bicyclic) bond motifs is 1. The van der Waals surface area contributed by atoms with Gasteiger partial charge in [0, 0.05) is 11.8 Å². The van der Waals surface area contributed by atoms with E-state index in [4.69, 9.17) is 19.3 Å². The zero-order chi connectivity index (χ0) is 41.5. The monoisotopic (exact) mass is 817 g/mol. The highest BCUT2D eigenvalue weighted by molar-refractivity contribution is 7.14. The zero-order valence-electron chi connectivity index (χ0n) is 32.3. The molecule has 0 spiro atoms. The molecule has 60 heavy (non-hydrogen) atoms. The molecule has 2 N–H and O–H groups in total. The van der Waals surface area contributed by atoms with E-state index in [0.29, 0.717) is 11.4 Å². The van der Waals surface area contributed by atoms with Crippen molar-refractivity contribution in [2.75, 3.05) is 19.0 Å². The van der Waals surface area contributed by atoms with Gasteiger partial charge in [-0.2, -0.15) is 0 Å². The fraction of sp³-hybridized carbons (Fsp3) is 0.149. The fourth-order valence-corrected chi connectivity index (χ4v) is 8.31. The summed E-state index contributed by atoms with van der Waals surface area (Å²) < 4.78 is 12.1. The second-order valence-electron chi connectivity index (χ2n) is 13.9. The van der Waals surface area contributed by atoms with Crippen LogP contribution >= 0.6 is 11.3 Å². The number of β-lactam (4-membered cyclic amide) rings is 1. The Morgan fingerprint density at radius 1 is 0.850 bits per heavy atom. The van der Waals surface area contributed by atoms with Gasteiger partial charge in [0.1, 0.15) is 30.3 Å². The predicted octanol–water partition coefficient (Wildman–Crippen LogP) is 6.76. The van der Waals surface area contributed by atoms with E-state index in [0.717, 1.165) is 32.7 Å². The van der Waals surface area contributed by atoms with Crippen molar-refractivity contribution < 1.29 is 33.5 Å². The van der Waals surface area contributed by atoms with Crippen LogP contribution in [0.5, 0.6) is 0 Å². The van der Waals surface area contributed by atoms with Gasteiger partial charge in [0.2, 0.25) is 0 Å². The second kappa shape index (κ2) is 17.7. The molecule has 8 rings (SSSR count). The summed E-state index contributed by atoms with van der Waals surface area (Å²) in [6.07, 6.45) is -1.40. The van der Waals surface area contributed by atoms with Crippen molar-refractivity contribution in [1.29, 1.82) is 0 Å². The molecule has 1 aromatic heterocycles. The Hall–Kier alpha value is -7.22. The average Bonchev–Trinajstić information content (AvgIpc) is 3.77. The van der Waals surface area contributed by atoms with Crippen LogP contribution in [0.3, 0.4) is 0 Å². The summed E-state index contributed by atoms with van der Waals surface area (Å²) in [7, 11) is 1.31. The molecule has 2 unspecified atom stereocenters. The number of rotatable bonds is 15. The number of nitrogens with zero attached hydrogens (tertiary/aromatic N) is 3. The lowest BCUT2D eigenvalue weighted by atomic mass is 9.77. The average molecular weight is 818 g/mol. The summed E-state index contributed by atoms with van der Waals surface area (Å²) in [6, 6.07) is 47.3. The quantitative estimate of drug-likeness (QED) is 0.0287. The van der Waals surface area contributed by atoms with E-state index in [-0.39, 0.29) is 35.7 Å². The van der Waals surface area contributed by atoms with Crippen molar-refractivity contribution in [3.05, 3.63) is 202 Å². The Bertz CT molecular complexity index is 2400. The Balaban J connectivity index is 1.04. The molecular weight excluding hydrogens is 779 g/mol. The van der Waals surface area contributed by atoms with Crippen molar-refractivity contribution >= 4 is 46.2 Å². The Morgan fingerprint density at radius 2 is 1.37 bits per heavy atom. The van der Waals surface area contributed by atoms with Gasteiger partial charge in [-0.25, -0.2) is 9.78 Å². The van der Waals surface area contributed by atoms with Crippen LogP contribution in [0, 0.1) is 0 Å². The van der Waals surface area contributed by atoms with Crippen LogP contribution in [-0.4, -0.2) is 65.7 Å². The van der Waals surface area contributed by atoms with E-state index in [1.54, 1.807) is 5.38 Å². The maximum atomic E-state index is 14.1. The maximum Gasteiger partial charge on any atom is 0.356 e. The van der Waals surface area contributed by atoms with Crippen LogP contribution in [0.25, 0.3) is 0 Å². The number of oxime groups is 1. The summed E-state index contributed by atoms with van der Waals surface area (Å²) in [4.78, 5) is 64.8. The molecule has 2 atom stereocenters. The third-order valence-electron chi connectivity index (χ3n) is 10.3. The Morgan fingerprint density at radius 3 is 1.87 bits per heavy atom. The summed E-state index contributed by atoms with van der Waals surface area (Å²) in [5.74, 6) is -2.19. The minimum Gasteiger partial charge on any atom is -0.448 e. The highest BCUT2D eigenvalue weighted by Crippen LogP contribution is 2.41. The van der Waals surface area contributed by atoms with E-state index in [1.165, 1.54) is 18.4 Å². The van der Waals surface area contributed by atoms with Gasteiger partial charge in [0.25, 0.3) is 11.8 Å². The molecule has 5 aromatic carbocycles. The zero-order valence-corrected chi connectivity index (χ0v) is 33.2. The number of anilines is 1. The number of benzene rings is 5. The molecule has 300 valence electrons. The van der Waals surface area contributed by atoms with Crippen LogP contribution in [0.4, 0.5) is 5.13 Å². The van der Waals surface area contributed by atoms with Crippen molar-refractivity contribution in [3.8, 4) is 0 Å². The molecule has 2 aliphatic rings. The molecule has 2 amide bonds.